The monoisotopic (exact) mass is 374 g/mol. The van der Waals surface area contributed by atoms with E-state index in [0.29, 0.717) is 23.7 Å². The van der Waals surface area contributed by atoms with Crippen molar-refractivity contribution in [1.82, 2.24) is 5.32 Å². The lowest BCUT2D eigenvalue weighted by molar-refractivity contribution is -0.127. The van der Waals surface area contributed by atoms with Crippen LogP contribution in [0.1, 0.15) is 51.4 Å². The van der Waals surface area contributed by atoms with E-state index in [-0.39, 0.29) is 30.2 Å². The van der Waals surface area contributed by atoms with Crippen molar-refractivity contribution in [2.24, 2.45) is 5.92 Å². The molecule has 0 bridgehead atoms. The van der Waals surface area contributed by atoms with Crippen LogP contribution in [0.3, 0.4) is 0 Å². The van der Waals surface area contributed by atoms with Gasteiger partial charge < -0.3 is 19.7 Å². The van der Waals surface area contributed by atoms with Crippen LogP contribution in [0, 0.1) is 5.92 Å². The van der Waals surface area contributed by atoms with Crippen LogP contribution in [-0.4, -0.2) is 38.6 Å². The third-order valence-electron chi connectivity index (χ3n) is 5.62. The van der Waals surface area contributed by atoms with E-state index in [1.54, 1.807) is 37.3 Å². The van der Waals surface area contributed by atoms with Gasteiger partial charge in [-0.25, -0.2) is 0 Å². The highest BCUT2D eigenvalue weighted by molar-refractivity contribution is 6.01. The molecule has 148 valence electrons. The van der Waals surface area contributed by atoms with Gasteiger partial charge in [0.15, 0.2) is 0 Å². The lowest BCUT2D eigenvalue weighted by Gasteiger charge is -2.23. The minimum Gasteiger partial charge on any atom is -0.497 e. The predicted molar refractivity (Wildman–Crippen MR) is 104 cm³/mol. The van der Waals surface area contributed by atoms with Crippen molar-refractivity contribution < 1.29 is 19.1 Å². The summed E-state index contributed by atoms with van der Waals surface area (Å²) in [5.41, 5.74) is 0.656. The molecular weight excluding hydrogens is 344 g/mol. The maximum Gasteiger partial charge on any atom is 0.227 e. The molecule has 1 heterocycles. The zero-order valence-corrected chi connectivity index (χ0v) is 16.3. The molecule has 0 spiro atoms. The number of carbonyl (C=O) groups excluding carboxylic acids is 2. The summed E-state index contributed by atoms with van der Waals surface area (Å²) in [4.78, 5) is 27.0. The SMILES string of the molecule is COc1ccc(OC)c(N2CC(C(=O)NC3CCCCCCC3)CC2=O)c1. The van der Waals surface area contributed by atoms with Gasteiger partial charge in [0, 0.05) is 25.1 Å². The highest BCUT2D eigenvalue weighted by Crippen LogP contribution is 2.36. The fourth-order valence-corrected chi connectivity index (χ4v) is 4.04. The molecule has 6 nitrogen and oxygen atoms in total. The van der Waals surface area contributed by atoms with E-state index in [1.165, 1.54) is 32.1 Å². The van der Waals surface area contributed by atoms with Gasteiger partial charge in [-0.05, 0) is 25.0 Å². The molecule has 27 heavy (non-hydrogen) atoms. The first kappa shape index (κ1) is 19.5. The Morgan fingerprint density at radius 2 is 1.78 bits per heavy atom. The van der Waals surface area contributed by atoms with Crippen LogP contribution in [-0.2, 0) is 9.59 Å². The van der Waals surface area contributed by atoms with Crippen LogP contribution in [0.4, 0.5) is 5.69 Å². The Morgan fingerprint density at radius 3 is 2.44 bits per heavy atom. The van der Waals surface area contributed by atoms with E-state index in [9.17, 15) is 9.59 Å². The average Bonchev–Trinajstić information content (AvgIpc) is 3.05. The Kier molecular flexibility index (Phi) is 6.58. The van der Waals surface area contributed by atoms with Crippen LogP contribution in [0.2, 0.25) is 0 Å². The second-order valence-corrected chi connectivity index (χ2v) is 7.49. The van der Waals surface area contributed by atoms with Gasteiger partial charge in [0.05, 0.1) is 25.8 Å². The van der Waals surface area contributed by atoms with Crippen molar-refractivity contribution in [3.63, 3.8) is 0 Å². The summed E-state index contributed by atoms with van der Waals surface area (Å²) >= 11 is 0. The maximum absolute atomic E-state index is 12.8. The van der Waals surface area contributed by atoms with E-state index >= 15 is 0 Å². The van der Waals surface area contributed by atoms with Gasteiger partial charge in [-0.3, -0.25) is 9.59 Å². The number of rotatable bonds is 5. The van der Waals surface area contributed by atoms with Crippen molar-refractivity contribution in [1.29, 1.82) is 0 Å². The molecule has 2 amide bonds. The van der Waals surface area contributed by atoms with Gasteiger partial charge >= 0.3 is 0 Å². The summed E-state index contributed by atoms with van der Waals surface area (Å²) in [6.07, 6.45) is 8.45. The van der Waals surface area contributed by atoms with Crippen LogP contribution in [0.15, 0.2) is 18.2 Å². The molecule has 1 atom stereocenters. The molecule has 0 radical (unpaired) electrons. The topological polar surface area (TPSA) is 67.9 Å². The summed E-state index contributed by atoms with van der Waals surface area (Å²) in [6, 6.07) is 5.60. The summed E-state index contributed by atoms with van der Waals surface area (Å²) in [7, 11) is 3.16. The standard InChI is InChI=1S/C21H30N2O4/c1-26-17-10-11-19(27-2)18(13-17)23-14-15(12-20(23)24)21(25)22-16-8-6-4-3-5-7-9-16/h10-11,13,15-16H,3-9,12,14H2,1-2H3,(H,22,25). The van der Waals surface area contributed by atoms with E-state index in [1.807, 2.05) is 0 Å². The molecule has 6 heteroatoms. The zero-order valence-electron chi connectivity index (χ0n) is 16.3. The van der Waals surface area contributed by atoms with E-state index in [0.717, 1.165) is 12.8 Å². The molecule has 1 aromatic rings. The molecule has 2 aliphatic rings. The summed E-state index contributed by atoms with van der Waals surface area (Å²) in [5, 5.41) is 3.20. The molecule has 1 aromatic carbocycles. The highest BCUT2D eigenvalue weighted by atomic mass is 16.5. The molecule has 1 saturated carbocycles. The van der Waals surface area contributed by atoms with E-state index in [2.05, 4.69) is 5.32 Å². The highest BCUT2D eigenvalue weighted by Gasteiger charge is 2.37. The molecule has 2 fully saturated rings. The minimum absolute atomic E-state index is 0.00159. The number of nitrogens with one attached hydrogen (secondary N) is 1. The van der Waals surface area contributed by atoms with Gasteiger partial charge in [-0.2, -0.15) is 0 Å². The Bertz CT molecular complexity index is 668. The van der Waals surface area contributed by atoms with Crippen molar-refractivity contribution >= 4 is 17.5 Å². The second-order valence-electron chi connectivity index (χ2n) is 7.49. The minimum atomic E-state index is -0.321. The average molecular weight is 374 g/mol. The number of anilines is 1. The number of hydrogen-bond acceptors (Lipinski definition) is 4. The molecule has 1 unspecified atom stereocenters. The largest absolute Gasteiger partial charge is 0.497 e. The summed E-state index contributed by atoms with van der Waals surface area (Å²) < 4.78 is 10.7. The quantitative estimate of drug-likeness (QED) is 0.859. The van der Waals surface area contributed by atoms with Gasteiger partial charge in [0.2, 0.25) is 11.8 Å². The number of hydrogen-bond donors (Lipinski definition) is 1. The number of carbonyl (C=O) groups is 2. The summed E-state index contributed by atoms with van der Waals surface area (Å²) in [5.74, 6) is 0.878. The Morgan fingerprint density at radius 1 is 1.07 bits per heavy atom. The first-order valence-corrected chi connectivity index (χ1v) is 9.95. The van der Waals surface area contributed by atoms with Crippen LogP contribution >= 0.6 is 0 Å². The first-order valence-electron chi connectivity index (χ1n) is 9.95. The number of methoxy groups -OCH3 is 2. The number of benzene rings is 1. The van der Waals surface area contributed by atoms with Gasteiger partial charge in [0.1, 0.15) is 11.5 Å². The maximum atomic E-state index is 12.8. The van der Waals surface area contributed by atoms with Crippen molar-refractivity contribution in [3.8, 4) is 11.5 Å². The Labute approximate surface area is 161 Å². The van der Waals surface area contributed by atoms with Crippen LogP contribution in [0.25, 0.3) is 0 Å². The van der Waals surface area contributed by atoms with E-state index in [4.69, 9.17) is 9.47 Å². The normalized spacial score (nSPS) is 21.5. The van der Waals surface area contributed by atoms with Crippen molar-refractivity contribution in [2.45, 2.75) is 57.4 Å². The third kappa shape index (κ3) is 4.73. The molecule has 1 aliphatic carbocycles. The van der Waals surface area contributed by atoms with Gasteiger partial charge in [0.25, 0.3) is 0 Å². The Balaban J connectivity index is 1.67. The lowest BCUT2D eigenvalue weighted by atomic mass is 9.96. The molecule has 1 aliphatic heterocycles. The fourth-order valence-electron chi connectivity index (χ4n) is 4.04. The molecule has 1 N–H and O–H groups in total. The summed E-state index contributed by atoms with van der Waals surface area (Å²) in [6.45, 7) is 0.376. The number of ether oxygens (including phenoxy) is 2. The molecule has 3 rings (SSSR count). The molecular formula is C21H30N2O4. The van der Waals surface area contributed by atoms with Crippen LogP contribution in [0.5, 0.6) is 11.5 Å². The van der Waals surface area contributed by atoms with E-state index < -0.39 is 0 Å². The smallest absolute Gasteiger partial charge is 0.227 e. The molecule has 1 saturated heterocycles. The van der Waals surface area contributed by atoms with Gasteiger partial charge in [-0.15, -0.1) is 0 Å². The molecule has 0 aromatic heterocycles. The number of nitrogens with zero attached hydrogens (tertiary/aromatic N) is 1. The first-order chi connectivity index (χ1) is 13.1. The second kappa shape index (κ2) is 9.11. The van der Waals surface area contributed by atoms with Crippen LogP contribution < -0.4 is 19.7 Å². The fraction of sp³-hybridized carbons (Fsp3) is 0.619. The van der Waals surface area contributed by atoms with Gasteiger partial charge in [-0.1, -0.05) is 32.1 Å². The predicted octanol–water partition coefficient (Wildman–Crippen LogP) is 3.29. The number of amides is 2. The van der Waals surface area contributed by atoms with Crippen molar-refractivity contribution in [3.05, 3.63) is 18.2 Å². The Hall–Kier alpha value is -2.24. The zero-order chi connectivity index (χ0) is 19.2. The van der Waals surface area contributed by atoms with Crippen molar-refractivity contribution in [2.75, 3.05) is 25.7 Å². The third-order valence-corrected chi connectivity index (χ3v) is 5.62. The lowest BCUT2D eigenvalue weighted by Crippen LogP contribution is -2.40.